The van der Waals surface area contributed by atoms with E-state index in [4.69, 9.17) is 0 Å². The number of para-hydroxylation sites is 2. The highest BCUT2D eigenvalue weighted by Crippen LogP contribution is 2.18. The maximum atomic E-state index is 12.3. The molecule has 1 amide bonds. The van der Waals surface area contributed by atoms with Crippen LogP contribution < -0.4 is 5.32 Å². The van der Waals surface area contributed by atoms with E-state index in [-0.39, 0.29) is 5.91 Å². The summed E-state index contributed by atoms with van der Waals surface area (Å²) in [5.74, 6) is -0.0112. The molecule has 0 saturated heterocycles. The quantitative estimate of drug-likeness (QED) is 0.707. The number of hydrogen-bond donors (Lipinski definition) is 1. The van der Waals surface area contributed by atoms with E-state index in [2.05, 4.69) is 25.9 Å². The SMILES string of the molecule is CCc1nc(C)sc1C(=O)NCCCn1cnc2ccccc21. The Balaban J connectivity index is 1.54. The molecule has 0 fully saturated rings. The number of imidazole rings is 1. The van der Waals surface area contributed by atoms with Crippen molar-refractivity contribution in [1.29, 1.82) is 0 Å². The van der Waals surface area contributed by atoms with Crippen molar-refractivity contribution in [2.45, 2.75) is 33.2 Å². The van der Waals surface area contributed by atoms with Gasteiger partial charge in [-0.15, -0.1) is 11.3 Å². The first-order valence-electron chi connectivity index (χ1n) is 7.83. The Morgan fingerprint density at radius 3 is 3.00 bits per heavy atom. The lowest BCUT2D eigenvalue weighted by Gasteiger charge is -2.06. The van der Waals surface area contributed by atoms with Gasteiger partial charge in [-0.2, -0.15) is 0 Å². The smallest absolute Gasteiger partial charge is 0.263 e. The molecule has 3 aromatic rings. The molecule has 0 spiro atoms. The summed E-state index contributed by atoms with van der Waals surface area (Å²) in [6.07, 6.45) is 3.51. The van der Waals surface area contributed by atoms with Crippen LogP contribution in [0.25, 0.3) is 11.0 Å². The zero-order valence-corrected chi connectivity index (χ0v) is 14.2. The number of carbonyl (C=O) groups is 1. The summed E-state index contributed by atoms with van der Waals surface area (Å²) >= 11 is 1.47. The van der Waals surface area contributed by atoms with Crippen molar-refractivity contribution in [3.05, 3.63) is 46.2 Å². The van der Waals surface area contributed by atoms with Crippen LogP contribution in [-0.4, -0.2) is 27.0 Å². The van der Waals surface area contributed by atoms with E-state index in [9.17, 15) is 4.79 Å². The molecule has 3 rings (SSSR count). The second kappa shape index (κ2) is 6.91. The Morgan fingerprint density at radius 2 is 2.17 bits per heavy atom. The van der Waals surface area contributed by atoms with Gasteiger partial charge in [-0.1, -0.05) is 19.1 Å². The molecular weight excluding hydrogens is 308 g/mol. The normalized spacial score (nSPS) is 11.0. The van der Waals surface area contributed by atoms with Gasteiger partial charge in [-0.05, 0) is 31.9 Å². The lowest BCUT2D eigenvalue weighted by molar-refractivity contribution is 0.0955. The number of nitrogens with zero attached hydrogens (tertiary/aromatic N) is 3. The average Bonchev–Trinajstić information content (AvgIpc) is 3.15. The molecule has 1 aromatic carbocycles. The van der Waals surface area contributed by atoms with E-state index in [1.807, 2.05) is 38.4 Å². The molecule has 2 aromatic heterocycles. The number of nitrogens with one attached hydrogen (secondary N) is 1. The zero-order chi connectivity index (χ0) is 16.2. The largest absolute Gasteiger partial charge is 0.351 e. The van der Waals surface area contributed by atoms with Gasteiger partial charge in [0.2, 0.25) is 0 Å². The third kappa shape index (κ3) is 3.42. The highest BCUT2D eigenvalue weighted by Gasteiger charge is 2.14. The summed E-state index contributed by atoms with van der Waals surface area (Å²) in [5.41, 5.74) is 3.03. The number of fused-ring (bicyclic) bond motifs is 1. The molecule has 0 saturated carbocycles. The fourth-order valence-corrected chi connectivity index (χ4v) is 3.53. The minimum atomic E-state index is -0.0112. The second-order valence-corrected chi connectivity index (χ2v) is 6.60. The van der Waals surface area contributed by atoms with E-state index in [1.165, 1.54) is 11.3 Å². The molecule has 0 aliphatic rings. The minimum Gasteiger partial charge on any atom is -0.351 e. The number of amides is 1. The standard InChI is InChI=1S/C17H20N4OS/c1-3-13-16(23-12(2)20-13)17(22)18-9-6-10-21-11-19-14-7-4-5-8-15(14)21/h4-5,7-8,11H,3,6,9-10H2,1-2H3,(H,18,22). The molecular formula is C17H20N4OS. The van der Waals surface area contributed by atoms with E-state index < -0.39 is 0 Å². The van der Waals surface area contributed by atoms with Gasteiger partial charge in [0.15, 0.2) is 0 Å². The average molecular weight is 328 g/mol. The highest BCUT2D eigenvalue weighted by molar-refractivity contribution is 7.13. The van der Waals surface area contributed by atoms with Crippen molar-refractivity contribution < 1.29 is 4.79 Å². The minimum absolute atomic E-state index is 0.0112. The Morgan fingerprint density at radius 1 is 1.35 bits per heavy atom. The lowest BCUT2D eigenvalue weighted by Crippen LogP contribution is -2.25. The van der Waals surface area contributed by atoms with Crippen LogP contribution in [0.5, 0.6) is 0 Å². The maximum Gasteiger partial charge on any atom is 0.263 e. The first kappa shape index (κ1) is 15.7. The first-order chi connectivity index (χ1) is 11.2. The van der Waals surface area contributed by atoms with Gasteiger partial charge in [0, 0.05) is 13.1 Å². The number of hydrogen-bond acceptors (Lipinski definition) is 4. The summed E-state index contributed by atoms with van der Waals surface area (Å²) < 4.78 is 2.12. The monoisotopic (exact) mass is 328 g/mol. The Labute approximate surface area is 139 Å². The van der Waals surface area contributed by atoms with Crippen molar-refractivity contribution >= 4 is 28.3 Å². The molecule has 0 radical (unpaired) electrons. The number of aryl methyl sites for hydroxylation is 3. The fraction of sp³-hybridized carbons (Fsp3) is 0.353. The summed E-state index contributed by atoms with van der Waals surface area (Å²) in [6.45, 7) is 5.44. The number of rotatable bonds is 6. The molecule has 5 nitrogen and oxygen atoms in total. The molecule has 0 bridgehead atoms. The Hall–Kier alpha value is -2.21. The Kier molecular flexibility index (Phi) is 4.71. The molecule has 0 unspecified atom stereocenters. The van der Waals surface area contributed by atoms with Crippen LogP contribution in [0.1, 0.15) is 33.7 Å². The van der Waals surface area contributed by atoms with E-state index in [0.717, 1.165) is 46.0 Å². The molecule has 120 valence electrons. The van der Waals surface area contributed by atoms with Gasteiger partial charge >= 0.3 is 0 Å². The summed E-state index contributed by atoms with van der Waals surface area (Å²) in [4.78, 5) is 21.8. The van der Waals surface area contributed by atoms with Crippen molar-refractivity contribution in [3.8, 4) is 0 Å². The summed E-state index contributed by atoms with van der Waals surface area (Å²) in [6, 6.07) is 8.07. The number of thiazole rings is 1. The van der Waals surface area contributed by atoms with Crippen molar-refractivity contribution in [1.82, 2.24) is 19.9 Å². The molecule has 23 heavy (non-hydrogen) atoms. The summed E-state index contributed by atoms with van der Waals surface area (Å²) in [5, 5.41) is 3.94. The molecule has 6 heteroatoms. The highest BCUT2D eigenvalue weighted by atomic mass is 32.1. The van der Waals surface area contributed by atoms with E-state index in [0.29, 0.717) is 6.54 Å². The van der Waals surface area contributed by atoms with Gasteiger partial charge in [-0.3, -0.25) is 4.79 Å². The van der Waals surface area contributed by atoms with Crippen LogP contribution in [0.2, 0.25) is 0 Å². The van der Waals surface area contributed by atoms with Crippen LogP contribution in [0, 0.1) is 6.92 Å². The van der Waals surface area contributed by atoms with Gasteiger partial charge in [0.25, 0.3) is 5.91 Å². The van der Waals surface area contributed by atoms with Crippen molar-refractivity contribution in [3.63, 3.8) is 0 Å². The predicted molar refractivity (Wildman–Crippen MR) is 92.9 cm³/mol. The van der Waals surface area contributed by atoms with Gasteiger partial charge in [0.1, 0.15) is 4.88 Å². The van der Waals surface area contributed by atoms with Gasteiger partial charge < -0.3 is 9.88 Å². The van der Waals surface area contributed by atoms with Crippen LogP contribution in [0.4, 0.5) is 0 Å². The number of benzene rings is 1. The van der Waals surface area contributed by atoms with E-state index in [1.54, 1.807) is 0 Å². The Bertz CT molecular complexity index is 821. The molecule has 0 atom stereocenters. The molecule has 2 heterocycles. The lowest BCUT2D eigenvalue weighted by atomic mass is 10.3. The zero-order valence-electron chi connectivity index (χ0n) is 13.4. The molecule has 0 aliphatic heterocycles. The first-order valence-corrected chi connectivity index (χ1v) is 8.65. The predicted octanol–water partition coefficient (Wildman–Crippen LogP) is 3.18. The van der Waals surface area contributed by atoms with Crippen LogP contribution >= 0.6 is 11.3 Å². The second-order valence-electron chi connectivity index (χ2n) is 5.40. The number of aromatic nitrogens is 3. The fourth-order valence-electron chi connectivity index (χ4n) is 2.61. The van der Waals surface area contributed by atoms with Crippen molar-refractivity contribution in [2.75, 3.05) is 6.54 Å². The number of carbonyl (C=O) groups excluding carboxylic acids is 1. The van der Waals surface area contributed by atoms with Gasteiger partial charge in [0.05, 0.1) is 28.1 Å². The third-order valence-electron chi connectivity index (χ3n) is 3.73. The maximum absolute atomic E-state index is 12.3. The third-order valence-corrected chi connectivity index (χ3v) is 4.75. The summed E-state index contributed by atoms with van der Waals surface area (Å²) in [7, 11) is 0. The van der Waals surface area contributed by atoms with Crippen LogP contribution in [0.3, 0.4) is 0 Å². The molecule has 1 N–H and O–H groups in total. The molecule has 0 aliphatic carbocycles. The van der Waals surface area contributed by atoms with Crippen molar-refractivity contribution in [2.24, 2.45) is 0 Å². The van der Waals surface area contributed by atoms with Crippen LogP contribution in [0.15, 0.2) is 30.6 Å². The van der Waals surface area contributed by atoms with Crippen LogP contribution in [-0.2, 0) is 13.0 Å². The van der Waals surface area contributed by atoms with Gasteiger partial charge in [-0.25, -0.2) is 9.97 Å². The van der Waals surface area contributed by atoms with E-state index >= 15 is 0 Å². The topological polar surface area (TPSA) is 59.8 Å².